The Hall–Kier alpha value is -1.65. The van der Waals surface area contributed by atoms with Gasteiger partial charge in [0.2, 0.25) is 0 Å². The first-order chi connectivity index (χ1) is 4.79. The zero-order valence-corrected chi connectivity index (χ0v) is 4.84. The van der Waals surface area contributed by atoms with Gasteiger partial charge >= 0.3 is 0 Å². The fourth-order valence-electron chi connectivity index (χ4n) is 0.864. The van der Waals surface area contributed by atoms with Crippen molar-refractivity contribution in [2.75, 3.05) is 0 Å². The van der Waals surface area contributed by atoms with Crippen LogP contribution in [0.3, 0.4) is 0 Å². The molecule has 0 unspecified atom stereocenters. The summed E-state index contributed by atoms with van der Waals surface area (Å²) >= 11 is 0. The van der Waals surface area contributed by atoms with Gasteiger partial charge < -0.3 is 0 Å². The average molecular weight is 137 g/mol. The molecule has 50 valence electrons. The number of carbonyl (C=O) groups excluding carboxylic acids is 2. The van der Waals surface area contributed by atoms with E-state index in [1.807, 2.05) is 0 Å². The molecule has 10 heavy (non-hydrogen) atoms. The Kier molecular flexibility index (Phi) is 0.743. The fourth-order valence-corrected chi connectivity index (χ4v) is 0.864. The summed E-state index contributed by atoms with van der Waals surface area (Å²) in [6, 6.07) is 0. The molecule has 1 aromatic heterocycles. The zero-order chi connectivity index (χ0) is 7.14. The maximum absolute atomic E-state index is 10.7. The minimum atomic E-state index is -0.405. The van der Waals surface area contributed by atoms with E-state index in [-0.39, 0.29) is 11.6 Å². The van der Waals surface area contributed by atoms with Crippen LogP contribution in [0.25, 0.3) is 0 Å². The number of imide groups is 1. The van der Waals surface area contributed by atoms with Crippen molar-refractivity contribution in [2.24, 2.45) is 0 Å². The number of fused-ring (bicyclic) bond motifs is 1. The second-order valence-corrected chi connectivity index (χ2v) is 1.94. The molecule has 2 heterocycles. The summed E-state index contributed by atoms with van der Waals surface area (Å²) in [6.45, 7) is 0. The lowest BCUT2D eigenvalue weighted by atomic mass is 10.3. The molecule has 5 nitrogen and oxygen atoms in total. The fraction of sp³-hybridized carbons (Fsp3) is 0. The van der Waals surface area contributed by atoms with Crippen LogP contribution in [0.15, 0.2) is 6.20 Å². The van der Waals surface area contributed by atoms with Crippen molar-refractivity contribution in [3.63, 3.8) is 0 Å². The molecule has 5 heteroatoms. The SMILES string of the molecule is O=C1NC(=O)c2[nH]ncc21. The van der Waals surface area contributed by atoms with E-state index in [9.17, 15) is 9.59 Å². The molecule has 0 bridgehead atoms. The molecular weight excluding hydrogens is 134 g/mol. The summed E-state index contributed by atoms with van der Waals surface area (Å²) in [5, 5.41) is 8.07. The summed E-state index contributed by atoms with van der Waals surface area (Å²) in [5.41, 5.74) is 0.579. The molecule has 1 aliphatic heterocycles. The highest BCUT2D eigenvalue weighted by atomic mass is 16.2. The van der Waals surface area contributed by atoms with E-state index in [4.69, 9.17) is 0 Å². The molecule has 0 atom stereocenters. The van der Waals surface area contributed by atoms with E-state index in [2.05, 4.69) is 15.5 Å². The minimum Gasteiger partial charge on any atom is -0.287 e. The molecule has 1 aromatic rings. The van der Waals surface area contributed by atoms with E-state index in [0.29, 0.717) is 5.56 Å². The monoisotopic (exact) mass is 137 g/mol. The normalized spacial score (nSPS) is 15.2. The van der Waals surface area contributed by atoms with Gasteiger partial charge in [-0.1, -0.05) is 0 Å². The molecule has 0 fully saturated rings. The third-order valence-corrected chi connectivity index (χ3v) is 1.34. The first-order valence-corrected chi connectivity index (χ1v) is 2.68. The van der Waals surface area contributed by atoms with Gasteiger partial charge in [0, 0.05) is 0 Å². The summed E-state index contributed by atoms with van der Waals surface area (Å²) < 4.78 is 0. The number of nitrogens with zero attached hydrogens (tertiary/aromatic N) is 1. The molecule has 0 spiro atoms. The molecule has 0 saturated heterocycles. The summed E-state index contributed by atoms with van der Waals surface area (Å²) in [4.78, 5) is 21.5. The van der Waals surface area contributed by atoms with Gasteiger partial charge in [0.15, 0.2) is 0 Å². The van der Waals surface area contributed by atoms with Crippen LogP contribution in [-0.2, 0) is 0 Å². The van der Waals surface area contributed by atoms with E-state index in [1.165, 1.54) is 6.20 Å². The zero-order valence-electron chi connectivity index (χ0n) is 4.84. The van der Waals surface area contributed by atoms with Gasteiger partial charge in [0.25, 0.3) is 11.8 Å². The number of nitrogens with one attached hydrogen (secondary N) is 2. The number of amides is 2. The number of hydrogen-bond acceptors (Lipinski definition) is 3. The lowest BCUT2D eigenvalue weighted by Crippen LogP contribution is -2.20. The van der Waals surface area contributed by atoms with Crippen LogP contribution in [0.1, 0.15) is 20.8 Å². The van der Waals surface area contributed by atoms with Crippen molar-refractivity contribution in [3.05, 3.63) is 17.5 Å². The highest BCUT2D eigenvalue weighted by Crippen LogP contribution is 2.09. The first-order valence-electron chi connectivity index (χ1n) is 2.68. The Morgan fingerprint density at radius 1 is 1.30 bits per heavy atom. The van der Waals surface area contributed by atoms with Crippen molar-refractivity contribution in [2.45, 2.75) is 0 Å². The van der Waals surface area contributed by atoms with Crippen molar-refractivity contribution < 1.29 is 9.59 Å². The van der Waals surface area contributed by atoms with Crippen LogP contribution in [0.5, 0.6) is 0 Å². The van der Waals surface area contributed by atoms with Crippen LogP contribution >= 0.6 is 0 Å². The smallest absolute Gasteiger partial charge is 0.276 e. The maximum atomic E-state index is 10.7. The quantitative estimate of drug-likeness (QED) is 0.464. The summed E-state index contributed by atoms with van der Waals surface area (Å²) in [7, 11) is 0. The van der Waals surface area contributed by atoms with Crippen LogP contribution in [0, 0.1) is 0 Å². The van der Waals surface area contributed by atoms with Gasteiger partial charge in [-0.25, -0.2) is 0 Å². The standard InChI is InChI=1S/C5H3N3O2/c9-4-2-1-6-8-3(2)5(10)7-4/h1H,(H,6,8)(H,7,9,10). The Bertz CT molecular complexity index is 286. The Morgan fingerprint density at radius 3 is 2.80 bits per heavy atom. The van der Waals surface area contributed by atoms with Gasteiger partial charge in [-0.3, -0.25) is 20.0 Å². The average Bonchev–Trinajstić information content (AvgIpc) is 2.39. The Morgan fingerprint density at radius 2 is 2.10 bits per heavy atom. The highest BCUT2D eigenvalue weighted by Gasteiger charge is 2.28. The predicted molar refractivity (Wildman–Crippen MR) is 30.4 cm³/mol. The van der Waals surface area contributed by atoms with Gasteiger partial charge in [-0.2, -0.15) is 5.10 Å². The van der Waals surface area contributed by atoms with E-state index < -0.39 is 5.91 Å². The second kappa shape index (κ2) is 1.44. The Labute approximate surface area is 55.4 Å². The van der Waals surface area contributed by atoms with Crippen molar-refractivity contribution in [1.29, 1.82) is 0 Å². The second-order valence-electron chi connectivity index (χ2n) is 1.94. The minimum absolute atomic E-state index is 0.255. The van der Waals surface area contributed by atoms with Gasteiger partial charge in [-0.05, 0) is 0 Å². The van der Waals surface area contributed by atoms with Gasteiger partial charge in [-0.15, -0.1) is 0 Å². The molecule has 0 radical (unpaired) electrons. The topological polar surface area (TPSA) is 74.8 Å². The van der Waals surface area contributed by atoms with Crippen molar-refractivity contribution >= 4 is 11.8 Å². The number of hydrogen-bond donors (Lipinski definition) is 2. The lowest BCUT2D eigenvalue weighted by Gasteiger charge is -1.83. The molecule has 2 rings (SSSR count). The van der Waals surface area contributed by atoms with E-state index in [0.717, 1.165) is 0 Å². The molecule has 0 aliphatic carbocycles. The van der Waals surface area contributed by atoms with Crippen LogP contribution in [0.2, 0.25) is 0 Å². The maximum Gasteiger partial charge on any atom is 0.276 e. The molecular formula is C5H3N3O2. The number of aromatic amines is 1. The summed E-state index contributed by atoms with van der Waals surface area (Å²) in [6.07, 6.45) is 1.33. The number of rotatable bonds is 0. The Balaban J connectivity index is 2.69. The predicted octanol–water partition coefficient (Wildman–Crippen LogP) is -0.707. The van der Waals surface area contributed by atoms with Crippen LogP contribution in [0.4, 0.5) is 0 Å². The highest BCUT2D eigenvalue weighted by molar-refractivity contribution is 6.20. The van der Waals surface area contributed by atoms with Crippen molar-refractivity contribution in [1.82, 2.24) is 15.5 Å². The first kappa shape index (κ1) is 5.16. The third-order valence-electron chi connectivity index (χ3n) is 1.34. The number of carbonyl (C=O) groups is 2. The number of H-pyrrole nitrogens is 1. The molecule has 0 saturated carbocycles. The number of aromatic nitrogens is 2. The summed E-state index contributed by atoms with van der Waals surface area (Å²) in [5.74, 6) is -0.786. The molecule has 2 amide bonds. The molecule has 0 aromatic carbocycles. The van der Waals surface area contributed by atoms with E-state index >= 15 is 0 Å². The lowest BCUT2D eigenvalue weighted by molar-refractivity contribution is 0.0876. The van der Waals surface area contributed by atoms with Crippen molar-refractivity contribution in [3.8, 4) is 0 Å². The van der Waals surface area contributed by atoms with Gasteiger partial charge in [0.05, 0.1) is 11.8 Å². The largest absolute Gasteiger partial charge is 0.287 e. The van der Waals surface area contributed by atoms with Gasteiger partial charge in [0.1, 0.15) is 5.69 Å². The molecule has 1 aliphatic rings. The van der Waals surface area contributed by atoms with Crippen LogP contribution < -0.4 is 5.32 Å². The van der Waals surface area contributed by atoms with Crippen LogP contribution in [-0.4, -0.2) is 22.0 Å². The van der Waals surface area contributed by atoms with E-state index in [1.54, 1.807) is 0 Å². The molecule has 2 N–H and O–H groups in total. The third kappa shape index (κ3) is 0.439.